The molecule has 174 valence electrons. The molecule has 0 amide bonds. The van der Waals surface area contributed by atoms with E-state index in [9.17, 15) is 0 Å². The Labute approximate surface area is 194 Å². The van der Waals surface area contributed by atoms with E-state index >= 15 is 0 Å². The highest BCUT2D eigenvalue weighted by molar-refractivity contribution is 5.79. The third-order valence-corrected chi connectivity index (χ3v) is 6.20. The minimum Gasteiger partial charge on any atom is -0.357 e. The molecular formula is C27H41N5. The Bertz CT molecular complexity index is 745. The van der Waals surface area contributed by atoms with Crippen molar-refractivity contribution in [2.45, 2.75) is 26.2 Å². The van der Waals surface area contributed by atoms with Crippen LogP contribution in [0.3, 0.4) is 0 Å². The Morgan fingerprint density at radius 3 is 2.06 bits per heavy atom. The molecule has 0 saturated carbocycles. The van der Waals surface area contributed by atoms with Crippen LogP contribution in [0.15, 0.2) is 65.7 Å². The molecule has 5 nitrogen and oxygen atoms in total. The maximum absolute atomic E-state index is 4.89. The Kier molecular flexibility index (Phi) is 10.0. The van der Waals surface area contributed by atoms with Crippen LogP contribution in [0.25, 0.3) is 0 Å². The molecular weight excluding hydrogens is 394 g/mol. The van der Waals surface area contributed by atoms with Crippen LogP contribution in [-0.4, -0.2) is 75.2 Å². The van der Waals surface area contributed by atoms with E-state index < -0.39 is 0 Å². The first kappa shape index (κ1) is 24.3. The first-order valence-corrected chi connectivity index (χ1v) is 12.2. The van der Waals surface area contributed by atoms with E-state index in [-0.39, 0.29) is 0 Å². The van der Waals surface area contributed by atoms with Gasteiger partial charge in [0.15, 0.2) is 5.96 Å². The van der Waals surface area contributed by atoms with Crippen molar-refractivity contribution < 1.29 is 0 Å². The summed E-state index contributed by atoms with van der Waals surface area (Å²) >= 11 is 0. The molecule has 1 aliphatic heterocycles. The van der Waals surface area contributed by atoms with Crippen molar-refractivity contribution in [1.82, 2.24) is 20.4 Å². The summed E-state index contributed by atoms with van der Waals surface area (Å²) in [5.41, 5.74) is 2.73. The molecule has 1 atom stereocenters. The number of hydrogen-bond donors (Lipinski definition) is 2. The summed E-state index contributed by atoms with van der Waals surface area (Å²) in [6.07, 6.45) is 1.02. The quantitative estimate of drug-likeness (QED) is 0.442. The van der Waals surface area contributed by atoms with E-state index in [0.717, 1.165) is 38.6 Å². The monoisotopic (exact) mass is 435 g/mol. The largest absolute Gasteiger partial charge is 0.357 e. The van der Waals surface area contributed by atoms with Crippen LogP contribution in [0.4, 0.5) is 0 Å². The van der Waals surface area contributed by atoms with E-state index in [1.54, 1.807) is 0 Å². The number of rotatable bonds is 10. The molecule has 1 saturated heterocycles. The van der Waals surface area contributed by atoms with Gasteiger partial charge in [-0.1, -0.05) is 67.6 Å². The first-order chi connectivity index (χ1) is 15.7. The maximum Gasteiger partial charge on any atom is 0.191 e. The van der Waals surface area contributed by atoms with Gasteiger partial charge in [0.2, 0.25) is 0 Å². The second kappa shape index (κ2) is 13.2. The number of piperazine rings is 1. The molecule has 3 rings (SSSR count). The third kappa shape index (κ3) is 7.95. The molecule has 2 N–H and O–H groups in total. The van der Waals surface area contributed by atoms with Gasteiger partial charge in [-0.2, -0.15) is 0 Å². The fourth-order valence-corrected chi connectivity index (χ4v) is 4.35. The SMILES string of the molecule is CCNC(=NCC(C)CN1CCN(C)CC1)NCCC(c1ccccc1)c1ccccc1. The predicted octanol–water partition coefficient (Wildman–Crippen LogP) is 3.65. The summed E-state index contributed by atoms with van der Waals surface area (Å²) in [5.74, 6) is 1.86. The number of aliphatic imine (C=N–C) groups is 1. The number of likely N-dealkylation sites (N-methyl/N-ethyl adjacent to an activating group) is 1. The number of hydrogen-bond acceptors (Lipinski definition) is 3. The summed E-state index contributed by atoms with van der Waals surface area (Å²) < 4.78 is 0. The number of benzene rings is 2. The van der Waals surface area contributed by atoms with Gasteiger partial charge in [0.25, 0.3) is 0 Å². The first-order valence-electron chi connectivity index (χ1n) is 12.2. The average molecular weight is 436 g/mol. The molecule has 1 aliphatic rings. The molecule has 1 heterocycles. The normalized spacial score (nSPS) is 16.8. The van der Waals surface area contributed by atoms with Crippen LogP contribution < -0.4 is 10.6 Å². The van der Waals surface area contributed by atoms with Crippen LogP contribution in [0, 0.1) is 5.92 Å². The zero-order valence-electron chi connectivity index (χ0n) is 20.1. The van der Waals surface area contributed by atoms with Crippen LogP contribution in [-0.2, 0) is 0 Å². The van der Waals surface area contributed by atoms with Gasteiger partial charge in [-0.15, -0.1) is 0 Å². The lowest BCUT2D eigenvalue weighted by atomic mass is 9.88. The van der Waals surface area contributed by atoms with Gasteiger partial charge in [0.1, 0.15) is 0 Å². The van der Waals surface area contributed by atoms with E-state index in [0.29, 0.717) is 11.8 Å². The van der Waals surface area contributed by atoms with Crippen molar-refractivity contribution in [2.24, 2.45) is 10.9 Å². The summed E-state index contributed by atoms with van der Waals surface area (Å²) in [6, 6.07) is 21.6. The van der Waals surface area contributed by atoms with Crippen LogP contribution >= 0.6 is 0 Å². The fraction of sp³-hybridized carbons (Fsp3) is 0.519. The highest BCUT2D eigenvalue weighted by atomic mass is 15.2. The third-order valence-electron chi connectivity index (χ3n) is 6.20. The lowest BCUT2D eigenvalue weighted by molar-refractivity contribution is 0.140. The van der Waals surface area contributed by atoms with Crippen molar-refractivity contribution in [3.8, 4) is 0 Å². The molecule has 2 aromatic rings. The highest BCUT2D eigenvalue weighted by Gasteiger charge is 2.16. The number of nitrogens with one attached hydrogen (secondary N) is 2. The summed E-state index contributed by atoms with van der Waals surface area (Å²) in [5, 5.41) is 6.99. The van der Waals surface area contributed by atoms with E-state index in [1.165, 1.54) is 37.3 Å². The fourth-order valence-electron chi connectivity index (χ4n) is 4.35. The molecule has 0 aliphatic carbocycles. The number of guanidine groups is 1. The number of nitrogens with zero attached hydrogens (tertiary/aromatic N) is 3. The van der Waals surface area contributed by atoms with E-state index in [2.05, 4.69) is 102 Å². The van der Waals surface area contributed by atoms with E-state index in [1.807, 2.05) is 0 Å². The van der Waals surface area contributed by atoms with Crippen molar-refractivity contribution >= 4 is 5.96 Å². The van der Waals surface area contributed by atoms with Gasteiger partial charge in [-0.05, 0) is 37.4 Å². The topological polar surface area (TPSA) is 42.9 Å². The van der Waals surface area contributed by atoms with Gasteiger partial charge in [-0.3, -0.25) is 4.99 Å². The van der Waals surface area contributed by atoms with Gasteiger partial charge in [-0.25, -0.2) is 0 Å². The van der Waals surface area contributed by atoms with Gasteiger partial charge in [0.05, 0.1) is 0 Å². The van der Waals surface area contributed by atoms with Crippen molar-refractivity contribution in [3.05, 3.63) is 71.8 Å². The molecule has 0 spiro atoms. The zero-order chi connectivity index (χ0) is 22.6. The highest BCUT2D eigenvalue weighted by Crippen LogP contribution is 2.27. The molecule has 0 radical (unpaired) electrons. The smallest absolute Gasteiger partial charge is 0.191 e. The summed E-state index contributed by atoms with van der Waals surface area (Å²) in [6.45, 7) is 12.9. The standard InChI is InChI=1S/C27H41N5/c1-4-28-27(30-21-23(2)22-32-19-17-31(3)18-20-32)29-16-15-26(24-11-7-5-8-12-24)25-13-9-6-10-14-25/h5-14,23,26H,4,15-22H2,1-3H3,(H2,28,29,30). The van der Waals surface area contributed by atoms with Gasteiger partial charge < -0.3 is 20.4 Å². The van der Waals surface area contributed by atoms with Gasteiger partial charge >= 0.3 is 0 Å². The van der Waals surface area contributed by atoms with Crippen molar-refractivity contribution in [2.75, 3.05) is 59.4 Å². The average Bonchev–Trinajstić information content (AvgIpc) is 2.83. The summed E-state index contributed by atoms with van der Waals surface area (Å²) in [7, 11) is 2.21. The Balaban J connectivity index is 1.53. The Morgan fingerprint density at radius 2 is 1.50 bits per heavy atom. The lowest BCUT2D eigenvalue weighted by Gasteiger charge is -2.33. The predicted molar refractivity (Wildman–Crippen MR) is 136 cm³/mol. The van der Waals surface area contributed by atoms with Crippen LogP contribution in [0.1, 0.15) is 37.3 Å². The molecule has 1 unspecified atom stereocenters. The molecule has 0 bridgehead atoms. The van der Waals surface area contributed by atoms with E-state index in [4.69, 9.17) is 4.99 Å². The van der Waals surface area contributed by atoms with Crippen LogP contribution in [0.2, 0.25) is 0 Å². The Morgan fingerprint density at radius 1 is 0.906 bits per heavy atom. The minimum absolute atomic E-state index is 0.379. The summed E-state index contributed by atoms with van der Waals surface area (Å²) in [4.78, 5) is 9.88. The van der Waals surface area contributed by atoms with Crippen molar-refractivity contribution in [1.29, 1.82) is 0 Å². The van der Waals surface area contributed by atoms with Crippen molar-refractivity contribution in [3.63, 3.8) is 0 Å². The molecule has 32 heavy (non-hydrogen) atoms. The molecule has 5 heteroatoms. The minimum atomic E-state index is 0.379. The molecule has 2 aromatic carbocycles. The second-order valence-electron chi connectivity index (χ2n) is 9.02. The second-order valence-corrected chi connectivity index (χ2v) is 9.02. The zero-order valence-corrected chi connectivity index (χ0v) is 20.1. The molecule has 0 aromatic heterocycles. The van der Waals surface area contributed by atoms with Gasteiger partial charge in [0, 0.05) is 58.3 Å². The lowest BCUT2D eigenvalue weighted by Crippen LogP contribution is -2.46. The van der Waals surface area contributed by atoms with Crippen LogP contribution in [0.5, 0.6) is 0 Å². The molecule has 1 fully saturated rings. The maximum atomic E-state index is 4.89. The Hall–Kier alpha value is -2.37.